The molecule has 3 rings (SSSR count). The van der Waals surface area contributed by atoms with Crippen LogP contribution in [0.3, 0.4) is 0 Å². The molecule has 1 aromatic heterocycles. The third-order valence-electron chi connectivity index (χ3n) is 3.86. The number of nitro groups is 1. The van der Waals surface area contributed by atoms with Crippen molar-refractivity contribution in [3.8, 4) is 0 Å². The molecule has 0 fully saturated rings. The highest BCUT2D eigenvalue weighted by Crippen LogP contribution is 2.26. The molecule has 0 spiro atoms. The Balaban J connectivity index is 1.92. The summed E-state index contributed by atoms with van der Waals surface area (Å²) < 4.78 is 14.3. The van der Waals surface area contributed by atoms with Crippen molar-refractivity contribution in [2.45, 2.75) is 12.5 Å². The van der Waals surface area contributed by atoms with Crippen molar-refractivity contribution in [1.29, 1.82) is 0 Å². The van der Waals surface area contributed by atoms with E-state index in [0.717, 1.165) is 11.8 Å². The SMILES string of the molecule is Nc1nc(NC(Cc2ccccc2)c2ccccc2F)ncc1[N+](=O)[O-]. The van der Waals surface area contributed by atoms with E-state index in [1.807, 2.05) is 30.3 Å². The standard InChI is InChI=1S/C18H16FN5O2/c19-14-9-5-4-8-13(14)15(10-12-6-2-1-3-7-12)22-18-21-11-16(24(25)26)17(20)23-18/h1-9,11,15H,10H2,(H3,20,21,22,23). The fourth-order valence-corrected chi connectivity index (χ4v) is 2.60. The fraction of sp³-hybridized carbons (Fsp3) is 0.111. The molecule has 0 bridgehead atoms. The molecule has 3 aromatic rings. The summed E-state index contributed by atoms with van der Waals surface area (Å²) in [6, 6.07) is 15.5. The first-order valence-electron chi connectivity index (χ1n) is 7.86. The molecule has 0 aliphatic carbocycles. The molecule has 26 heavy (non-hydrogen) atoms. The maximum atomic E-state index is 14.3. The summed E-state index contributed by atoms with van der Waals surface area (Å²) in [5.41, 5.74) is 6.67. The second-order valence-electron chi connectivity index (χ2n) is 5.63. The summed E-state index contributed by atoms with van der Waals surface area (Å²) in [7, 11) is 0. The Morgan fingerprint density at radius 2 is 1.85 bits per heavy atom. The average Bonchev–Trinajstić information content (AvgIpc) is 2.62. The quantitative estimate of drug-likeness (QED) is 0.519. The van der Waals surface area contributed by atoms with E-state index in [4.69, 9.17) is 5.73 Å². The van der Waals surface area contributed by atoms with Gasteiger partial charge in [0.05, 0.1) is 11.0 Å². The van der Waals surface area contributed by atoms with Gasteiger partial charge in [0.1, 0.15) is 12.0 Å². The largest absolute Gasteiger partial charge is 0.378 e. The average molecular weight is 353 g/mol. The zero-order chi connectivity index (χ0) is 18.5. The Labute approximate surface area is 148 Å². The second-order valence-corrected chi connectivity index (χ2v) is 5.63. The molecule has 7 nitrogen and oxygen atoms in total. The minimum Gasteiger partial charge on any atom is -0.378 e. The number of hydrogen-bond donors (Lipinski definition) is 2. The van der Waals surface area contributed by atoms with Crippen molar-refractivity contribution in [2.75, 3.05) is 11.1 Å². The first kappa shape index (κ1) is 17.3. The zero-order valence-corrected chi connectivity index (χ0v) is 13.7. The molecule has 1 unspecified atom stereocenters. The first-order chi connectivity index (χ1) is 12.5. The van der Waals surface area contributed by atoms with Gasteiger partial charge in [0.15, 0.2) is 0 Å². The third-order valence-corrected chi connectivity index (χ3v) is 3.86. The molecule has 1 atom stereocenters. The number of aromatic nitrogens is 2. The summed E-state index contributed by atoms with van der Waals surface area (Å²) in [6.45, 7) is 0. The highest BCUT2D eigenvalue weighted by molar-refractivity contribution is 5.53. The monoisotopic (exact) mass is 353 g/mol. The summed E-state index contributed by atoms with van der Waals surface area (Å²) in [5, 5.41) is 13.9. The molecule has 8 heteroatoms. The number of nitrogens with zero attached hydrogens (tertiary/aromatic N) is 3. The molecule has 132 valence electrons. The van der Waals surface area contributed by atoms with Gasteiger partial charge in [0, 0.05) is 5.56 Å². The third kappa shape index (κ3) is 3.92. The van der Waals surface area contributed by atoms with Gasteiger partial charge >= 0.3 is 5.69 Å². The molecule has 0 saturated carbocycles. The molecule has 0 radical (unpaired) electrons. The van der Waals surface area contributed by atoms with Crippen LogP contribution in [0.25, 0.3) is 0 Å². The van der Waals surface area contributed by atoms with Gasteiger partial charge in [-0.25, -0.2) is 9.37 Å². The molecule has 3 N–H and O–H groups in total. The van der Waals surface area contributed by atoms with Gasteiger partial charge in [-0.1, -0.05) is 48.5 Å². The van der Waals surface area contributed by atoms with Crippen LogP contribution in [0.5, 0.6) is 0 Å². The van der Waals surface area contributed by atoms with Crippen molar-refractivity contribution in [2.24, 2.45) is 0 Å². The van der Waals surface area contributed by atoms with E-state index in [9.17, 15) is 14.5 Å². The lowest BCUT2D eigenvalue weighted by molar-refractivity contribution is -0.384. The van der Waals surface area contributed by atoms with Crippen LogP contribution < -0.4 is 11.1 Å². The first-order valence-corrected chi connectivity index (χ1v) is 7.86. The van der Waals surface area contributed by atoms with Gasteiger partial charge in [-0.05, 0) is 18.1 Å². The van der Waals surface area contributed by atoms with Crippen molar-refractivity contribution in [3.05, 3.63) is 87.9 Å². The number of nitrogen functional groups attached to an aromatic ring is 1. The predicted molar refractivity (Wildman–Crippen MR) is 96.0 cm³/mol. The molecule has 0 amide bonds. The van der Waals surface area contributed by atoms with E-state index in [1.54, 1.807) is 18.2 Å². The Bertz CT molecular complexity index is 920. The summed E-state index contributed by atoms with van der Waals surface area (Å²) >= 11 is 0. The Morgan fingerprint density at radius 1 is 1.15 bits per heavy atom. The topological polar surface area (TPSA) is 107 Å². The summed E-state index contributed by atoms with van der Waals surface area (Å²) in [4.78, 5) is 18.0. The second kappa shape index (κ2) is 7.56. The number of hydrogen-bond acceptors (Lipinski definition) is 6. The van der Waals surface area contributed by atoms with E-state index in [0.29, 0.717) is 12.0 Å². The predicted octanol–water partition coefficient (Wildman–Crippen LogP) is 3.50. The van der Waals surface area contributed by atoms with E-state index in [2.05, 4.69) is 15.3 Å². The maximum Gasteiger partial charge on any atom is 0.329 e. The van der Waals surface area contributed by atoms with Gasteiger partial charge in [0.2, 0.25) is 11.8 Å². The van der Waals surface area contributed by atoms with Crippen molar-refractivity contribution >= 4 is 17.5 Å². The molecule has 1 heterocycles. The van der Waals surface area contributed by atoms with Crippen LogP contribution in [0.1, 0.15) is 17.2 Å². The Morgan fingerprint density at radius 3 is 2.50 bits per heavy atom. The number of halogens is 1. The number of rotatable bonds is 6. The highest BCUT2D eigenvalue weighted by Gasteiger charge is 2.20. The van der Waals surface area contributed by atoms with Crippen molar-refractivity contribution in [1.82, 2.24) is 9.97 Å². The summed E-state index contributed by atoms with van der Waals surface area (Å²) in [6.07, 6.45) is 1.51. The van der Waals surface area contributed by atoms with Crippen LogP contribution in [0, 0.1) is 15.9 Å². The molecular weight excluding hydrogens is 337 g/mol. The van der Waals surface area contributed by atoms with Gasteiger partial charge in [0.25, 0.3) is 0 Å². The van der Waals surface area contributed by atoms with Crippen molar-refractivity contribution in [3.63, 3.8) is 0 Å². The lowest BCUT2D eigenvalue weighted by atomic mass is 9.98. The van der Waals surface area contributed by atoms with E-state index < -0.39 is 11.0 Å². The molecule has 0 aliphatic rings. The Kier molecular flexibility index (Phi) is 5.02. The normalized spacial score (nSPS) is 11.7. The molecule has 2 aromatic carbocycles. The van der Waals surface area contributed by atoms with E-state index >= 15 is 0 Å². The van der Waals surface area contributed by atoms with Gasteiger partial charge in [-0.3, -0.25) is 10.1 Å². The highest BCUT2D eigenvalue weighted by atomic mass is 19.1. The number of benzene rings is 2. The Hall–Kier alpha value is -3.55. The maximum absolute atomic E-state index is 14.3. The smallest absolute Gasteiger partial charge is 0.329 e. The lowest BCUT2D eigenvalue weighted by Crippen LogP contribution is -2.17. The van der Waals surface area contributed by atoms with Gasteiger partial charge in [-0.15, -0.1) is 0 Å². The van der Waals surface area contributed by atoms with E-state index in [1.165, 1.54) is 6.07 Å². The van der Waals surface area contributed by atoms with Crippen LogP contribution in [0.15, 0.2) is 60.8 Å². The number of nitrogens with one attached hydrogen (secondary N) is 1. The summed E-state index contributed by atoms with van der Waals surface area (Å²) in [5.74, 6) is -0.521. The van der Waals surface area contributed by atoms with Gasteiger partial charge < -0.3 is 11.1 Å². The molecular formula is C18H16FN5O2. The molecule has 0 aliphatic heterocycles. The minimum absolute atomic E-state index is 0.0947. The lowest BCUT2D eigenvalue weighted by Gasteiger charge is -2.20. The van der Waals surface area contributed by atoms with Crippen LogP contribution >= 0.6 is 0 Å². The van der Waals surface area contributed by atoms with Gasteiger partial charge in [-0.2, -0.15) is 4.98 Å². The van der Waals surface area contributed by atoms with Crippen LogP contribution in [0.2, 0.25) is 0 Å². The fourth-order valence-electron chi connectivity index (χ4n) is 2.60. The molecule has 0 saturated heterocycles. The minimum atomic E-state index is -0.655. The van der Waals surface area contributed by atoms with E-state index in [-0.39, 0.29) is 23.3 Å². The number of nitrogens with two attached hydrogens (primary N) is 1. The van der Waals surface area contributed by atoms with Crippen molar-refractivity contribution < 1.29 is 9.31 Å². The van der Waals surface area contributed by atoms with Crippen LogP contribution in [0.4, 0.5) is 21.8 Å². The number of anilines is 2. The van der Waals surface area contributed by atoms with Crippen LogP contribution in [-0.4, -0.2) is 14.9 Å². The van der Waals surface area contributed by atoms with Crippen LogP contribution in [-0.2, 0) is 6.42 Å². The zero-order valence-electron chi connectivity index (χ0n) is 13.7.